The fourth-order valence-corrected chi connectivity index (χ4v) is 10.1. The van der Waals surface area contributed by atoms with Crippen LogP contribution in [0.25, 0.3) is 0 Å². The highest BCUT2D eigenvalue weighted by atomic mass is 35.5. The summed E-state index contributed by atoms with van der Waals surface area (Å²) in [4.78, 5) is 16.0. The van der Waals surface area contributed by atoms with Gasteiger partial charge >= 0.3 is 0 Å². The molecule has 0 saturated heterocycles. The minimum atomic E-state index is -3.93. The molecule has 44 heavy (non-hydrogen) atoms. The van der Waals surface area contributed by atoms with Gasteiger partial charge in [-0.3, -0.25) is 4.79 Å². The SMILES string of the molecule is CC[C@H]1[C@H](C)[C@H](C)/C=C/[C@H](OC)[C@@H]2CC[C@H]2CN2C[C@@]3(CCCc4cc(Cl)ccc43)COc3ccc(cc32)C(=O)NS1(=O)=O. The summed E-state index contributed by atoms with van der Waals surface area (Å²) in [6, 6.07) is 11.6. The lowest BCUT2D eigenvalue weighted by Gasteiger charge is -2.46. The molecule has 238 valence electrons. The summed E-state index contributed by atoms with van der Waals surface area (Å²) in [5, 5.41) is 0.0380. The molecular formula is C35H45ClN2O5S. The first-order valence-electron chi connectivity index (χ1n) is 16.1. The first-order valence-corrected chi connectivity index (χ1v) is 18.1. The summed E-state index contributed by atoms with van der Waals surface area (Å²) >= 11 is 6.42. The number of sulfonamides is 1. The summed E-state index contributed by atoms with van der Waals surface area (Å²) in [6.07, 6.45) is 9.82. The van der Waals surface area contributed by atoms with E-state index >= 15 is 0 Å². The van der Waals surface area contributed by atoms with E-state index in [-0.39, 0.29) is 23.4 Å². The Morgan fingerprint density at radius 2 is 1.95 bits per heavy atom. The molecule has 7 nitrogen and oxygen atoms in total. The van der Waals surface area contributed by atoms with Gasteiger partial charge < -0.3 is 14.4 Å². The van der Waals surface area contributed by atoms with Crippen LogP contribution in [0.15, 0.2) is 48.6 Å². The highest BCUT2D eigenvalue weighted by molar-refractivity contribution is 7.90. The average Bonchev–Trinajstić information content (AvgIpc) is 3.13. The maximum atomic E-state index is 13.6. The van der Waals surface area contributed by atoms with Crippen LogP contribution < -0.4 is 14.4 Å². The standard InChI is InChI=1S/C35H45ClN2O5S/c1-5-33-23(3)22(2)8-14-31(42-4)28-12-9-26(28)19-38-20-35(16-6-7-24-17-27(36)11-13-29(24)35)21-43-32-15-10-25(18-30(32)38)34(39)37-44(33,40)41/h8,10-11,13-15,17-18,22-23,26,28,31,33H,5-7,9,12,16,19-21H2,1-4H3,(H,37,39)/b14-8+/t22-,23-,26+,28-,31+,33+,35+/m1/s1. The zero-order valence-electron chi connectivity index (χ0n) is 26.2. The van der Waals surface area contributed by atoms with Crippen LogP contribution >= 0.6 is 11.6 Å². The van der Waals surface area contributed by atoms with Crippen molar-refractivity contribution in [3.63, 3.8) is 0 Å². The Morgan fingerprint density at radius 3 is 2.68 bits per heavy atom. The van der Waals surface area contributed by atoms with Gasteiger partial charge in [0.25, 0.3) is 5.91 Å². The summed E-state index contributed by atoms with van der Waals surface area (Å²) in [6.45, 7) is 7.92. The van der Waals surface area contributed by atoms with E-state index in [9.17, 15) is 13.2 Å². The predicted molar refractivity (Wildman–Crippen MR) is 175 cm³/mol. The topological polar surface area (TPSA) is 84.9 Å². The van der Waals surface area contributed by atoms with Gasteiger partial charge in [0, 0.05) is 36.2 Å². The molecular weight excluding hydrogens is 596 g/mol. The molecule has 1 saturated carbocycles. The minimum absolute atomic E-state index is 0.0101. The number of nitrogens with zero attached hydrogens (tertiary/aromatic N) is 1. The van der Waals surface area contributed by atoms with E-state index in [0.717, 1.165) is 61.7 Å². The number of hydrogen-bond acceptors (Lipinski definition) is 6. The van der Waals surface area contributed by atoms with Crippen LogP contribution in [0.5, 0.6) is 5.75 Å². The number of carbonyl (C=O) groups is 1. The highest BCUT2D eigenvalue weighted by Crippen LogP contribution is 2.47. The second-order valence-electron chi connectivity index (χ2n) is 13.5. The number of rotatable bonds is 2. The third-order valence-electron chi connectivity index (χ3n) is 11.0. The Balaban J connectivity index is 1.44. The molecule has 4 aliphatic rings. The molecule has 0 radical (unpaired) electrons. The van der Waals surface area contributed by atoms with Gasteiger partial charge in [-0.1, -0.05) is 50.6 Å². The van der Waals surface area contributed by atoms with Crippen molar-refractivity contribution in [2.75, 3.05) is 31.7 Å². The number of halogens is 1. The summed E-state index contributed by atoms with van der Waals surface area (Å²) < 4.78 is 42.2. The summed E-state index contributed by atoms with van der Waals surface area (Å²) in [5.41, 5.74) is 3.48. The second kappa shape index (κ2) is 12.3. The van der Waals surface area contributed by atoms with E-state index in [1.54, 1.807) is 13.2 Å². The number of benzene rings is 2. The molecule has 2 aromatic carbocycles. The van der Waals surface area contributed by atoms with E-state index in [4.69, 9.17) is 21.1 Å². The fourth-order valence-electron chi connectivity index (χ4n) is 8.12. The third kappa shape index (κ3) is 5.78. The maximum absolute atomic E-state index is 13.6. The first kappa shape index (κ1) is 31.4. The molecule has 1 fully saturated rings. The Labute approximate surface area is 267 Å². The van der Waals surface area contributed by atoms with E-state index in [0.29, 0.717) is 30.4 Å². The number of amides is 1. The van der Waals surface area contributed by atoms with Gasteiger partial charge in [0.15, 0.2) is 0 Å². The number of aryl methyl sites for hydroxylation is 1. The van der Waals surface area contributed by atoms with Crippen molar-refractivity contribution in [2.24, 2.45) is 23.7 Å². The van der Waals surface area contributed by atoms with E-state index in [2.05, 4.69) is 33.9 Å². The lowest BCUT2D eigenvalue weighted by Crippen LogP contribution is -2.49. The van der Waals surface area contributed by atoms with Gasteiger partial charge in [-0.05, 0) is 104 Å². The quantitative estimate of drug-likeness (QED) is 0.376. The first-order chi connectivity index (χ1) is 21.0. The van der Waals surface area contributed by atoms with E-state index in [1.807, 2.05) is 39.0 Å². The normalized spacial score (nSPS) is 34.0. The number of hydrogen-bond donors (Lipinski definition) is 1. The zero-order chi connectivity index (χ0) is 31.2. The number of carbonyl (C=O) groups excluding carboxylic acids is 1. The van der Waals surface area contributed by atoms with Crippen LogP contribution in [-0.4, -0.2) is 52.5 Å². The average molecular weight is 641 g/mol. The Kier molecular flexibility index (Phi) is 8.81. The van der Waals surface area contributed by atoms with E-state index in [1.165, 1.54) is 11.1 Å². The second-order valence-corrected chi connectivity index (χ2v) is 15.9. The minimum Gasteiger partial charge on any atom is -0.490 e. The number of methoxy groups -OCH3 is 1. The van der Waals surface area contributed by atoms with Gasteiger partial charge in [0.2, 0.25) is 10.0 Å². The lowest BCUT2D eigenvalue weighted by atomic mass is 9.68. The van der Waals surface area contributed by atoms with Crippen LogP contribution in [0, 0.1) is 23.7 Å². The Bertz CT molecular complexity index is 1540. The molecule has 0 aromatic heterocycles. The monoisotopic (exact) mass is 640 g/mol. The number of nitrogens with one attached hydrogen (secondary N) is 1. The molecule has 6 rings (SSSR count). The van der Waals surface area contributed by atoms with Crippen molar-refractivity contribution in [1.29, 1.82) is 0 Å². The zero-order valence-corrected chi connectivity index (χ0v) is 27.8. The molecule has 1 amide bonds. The molecule has 7 atom stereocenters. The molecule has 2 bridgehead atoms. The van der Waals surface area contributed by atoms with Crippen molar-refractivity contribution in [3.05, 3.63) is 70.3 Å². The van der Waals surface area contributed by atoms with Crippen LogP contribution in [0.2, 0.25) is 5.02 Å². The fraction of sp³-hybridized carbons (Fsp3) is 0.571. The summed E-state index contributed by atoms with van der Waals surface area (Å²) in [5.74, 6) is 0.670. The number of fused-ring (bicyclic) bond motifs is 4. The lowest BCUT2D eigenvalue weighted by molar-refractivity contribution is 0.0129. The number of anilines is 1. The molecule has 2 heterocycles. The van der Waals surface area contributed by atoms with Gasteiger partial charge in [0.1, 0.15) is 5.75 Å². The van der Waals surface area contributed by atoms with Gasteiger partial charge in [0.05, 0.1) is 23.6 Å². The molecule has 9 heteroatoms. The van der Waals surface area contributed by atoms with Crippen LogP contribution in [0.3, 0.4) is 0 Å². The predicted octanol–water partition coefficient (Wildman–Crippen LogP) is 6.53. The van der Waals surface area contributed by atoms with Crippen molar-refractivity contribution >= 4 is 33.2 Å². The Morgan fingerprint density at radius 1 is 1.14 bits per heavy atom. The molecule has 2 aromatic rings. The Hall–Kier alpha value is -2.55. The van der Waals surface area contributed by atoms with Crippen molar-refractivity contribution in [3.8, 4) is 5.75 Å². The molecule has 1 N–H and O–H groups in total. The largest absolute Gasteiger partial charge is 0.490 e. The molecule has 2 aliphatic carbocycles. The maximum Gasteiger partial charge on any atom is 0.264 e. The van der Waals surface area contributed by atoms with E-state index < -0.39 is 21.2 Å². The van der Waals surface area contributed by atoms with Crippen LogP contribution in [0.1, 0.15) is 74.4 Å². The van der Waals surface area contributed by atoms with Crippen LogP contribution in [0.4, 0.5) is 5.69 Å². The van der Waals surface area contributed by atoms with Crippen LogP contribution in [-0.2, 0) is 26.6 Å². The molecule has 2 aliphatic heterocycles. The smallest absolute Gasteiger partial charge is 0.264 e. The number of ether oxygens (including phenoxy) is 2. The van der Waals surface area contributed by atoms with Crippen molar-refractivity contribution in [1.82, 2.24) is 4.72 Å². The van der Waals surface area contributed by atoms with Gasteiger partial charge in [-0.15, -0.1) is 0 Å². The van der Waals surface area contributed by atoms with Gasteiger partial charge in [-0.25, -0.2) is 13.1 Å². The molecule has 1 spiro atoms. The third-order valence-corrected chi connectivity index (χ3v) is 13.2. The van der Waals surface area contributed by atoms with Gasteiger partial charge in [-0.2, -0.15) is 0 Å². The van der Waals surface area contributed by atoms with Crippen molar-refractivity contribution < 1.29 is 22.7 Å². The number of allylic oxidation sites excluding steroid dienone is 1. The van der Waals surface area contributed by atoms with Crippen molar-refractivity contribution in [2.45, 2.75) is 76.1 Å². The molecule has 0 unspecified atom stereocenters. The highest BCUT2D eigenvalue weighted by Gasteiger charge is 2.44. The summed E-state index contributed by atoms with van der Waals surface area (Å²) in [7, 11) is -2.16.